The molecule has 1 heterocycles. The lowest BCUT2D eigenvalue weighted by atomic mass is 10.2. The Morgan fingerprint density at radius 2 is 1.79 bits per heavy atom. The number of hydrogen-bond donors (Lipinski definition) is 1. The van der Waals surface area contributed by atoms with Gasteiger partial charge in [0, 0.05) is 12.6 Å². The van der Waals surface area contributed by atoms with Crippen LogP contribution >= 0.6 is 0 Å². The summed E-state index contributed by atoms with van der Waals surface area (Å²) in [5, 5.41) is 8.76. The van der Waals surface area contributed by atoms with E-state index in [1.165, 1.54) is 17.2 Å². The number of benzene rings is 1. The first-order valence-corrected chi connectivity index (χ1v) is 5.62. The standard InChI is InChI=1S/C14H12N2O3/c1-16(13(17)10-5-3-2-4-6-10)11-7-8-12(14(18)19)15-9-11/h2-9H,1H3,(H,18,19). The summed E-state index contributed by atoms with van der Waals surface area (Å²) in [5.74, 6) is -1.27. The molecule has 0 atom stereocenters. The fourth-order valence-electron chi connectivity index (χ4n) is 1.60. The monoisotopic (exact) mass is 256 g/mol. The van der Waals surface area contributed by atoms with E-state index in [1.807, 2.05) is 6.07 Å². The third-order valence-electron chi connectivity index (χ3n) is 2.68. The van der Waals surface area contributed by atoms with Gasteiger partial charge in [-0.05, 0) is 24.3 Å². The number of rotatable bonds is 3. The highest BCUT2D eigenvalue weighted by Gasteiger charge is 2.14. The molecule has 0 saturated carbocycles. The summed E-state index contributed by atoms with van der Waals surface area (Å²) in [5.41, 5.74) is 1.05. The molecule has 1 aromatic heterocycles. The van der Waals surface area contributed by atoms with Gasteiger partial charge in [-0.15, -0.1) is 0 Å². The number of carbonyl (C=O) groups is 2. The first-order valence-electron chi connectivity index (χ1n) is 5.62. The molecule has 0 spiro atoms. The second-order valence-corrected chi connectivity index (χ2v) is 3.94. The molecule has 0 saturated heterocycles. The number of pyridine rings is 1. The van der Waals surface area contributed by atoms with Crippen molar-refractivity contribution in [3.05, 3.63) is 59.9 Å². The molecule has 0 bridgehead atoms. The number of carboxylic acid groups (broad SMARTS) is 1. The molecule has 2 rings (SSSR count). The summed E-state index contributed by atoms with van der Waals surface area (Å²) in [4.78, 5) is 28.0. The van der Waals surface area contributed by atoms with E-state index in [9.17, 15) is 9.59 Å². The first-order chi connectivity index (χ1) is 9.09. The number of aromatic nitrogens is 1. The van der Waals surface area contributed by atoms with Gasteiger partial charge in [-0.1, -0.05) is 18.2 Å². The van der Waals surface area contributed by atoms with Crippen molar-refractivity contribution in [1.29, 1.82) is 0 Å². The number of hydrogen-bond acceptors (Lipinski definition) is 3. The molecule has 5 nitrogen and oxygen atoms in total. The average molecular weight is 256 g/mol. The minimum atomic E-state index is -1.09. The van der Waals surface area contributed by atoms with Crippen LogP contribution in [-0.4, -0.2) is 29.0 Å². The number of amides is 1. The Morgan fingerprint density at radius 3 is 2.32 bits per heavy atom. The lowest BCUT2D eigenvalue weighted by Crippen LogP contribution is -2.26. The predicted molar refractivity (Wildman–Crippen MR) is 70.4 cm³/mol. The fourth-order valence-corrected chi connectivity index (χ4v) is 1.60. The number of carbonyl (C=O) groups excluding carboxylic acids is 1. The maximum absolute atomic E-state index is 12.1. The Labute approximate surface area is 110 Å². The summed E-state index contributed by atoms with van der Waals surface area (Å²) < 4.78 is 0. The normalized spacial score (nSPS) is 9.95. The third kappa shape index (κ3) is 2.77. The third-order valence-corrected chi connectivity index (χ3v) is 2.68. The van der Waals surface area contributed by atoms with E-state index >= 15 is 0 Å². The molecule has 0 radical (unpaired) electrons. The van der Waals surface area contributed by atoms with Crippen LogP contribution in [0.1, 0.15) is 20.8 Å². The molecular formula is C14H12N2O3. The quantitative estimate of drug-likeness (QED) is 0.912. The number of carboxylic acids is 1. The highest BCUT2D eigenvalue weighted by Crippen LogP contribution is 2.14. The van der Waals surface area contributed by atoms with Crippen LogP contribution in [0.4, 0.5) is 5.69 Å². The highest BCUT2D eigenvalue weighted by molar-refractivity contribution is 6.05. The van der Waals surface area contributed by atoms with Crippen molar-refractivity contribution in [2.24, 2.45) is 0 Å². The number of anilines is 1. The van der Waals surface area contributed by atoms with E-state index in [2.05, 4.69) is 4.98 Å². The molecule has 0 aliphatic rings. The summed E-state index contributed by atoms with van der Waals surface area (Å²) in [6, 6.07) is 11.8. The molecule has 96 valence electrons. The second-order valence-electron chi connectivity index (χ2n) is 3.94. The van der Waals surface area contributed by atoms with Crippen LogP contribution in [0.3, 0.4) is 0 Å². The zero-order valence-electron chi connectivity index (χ0n) is 10.3. The van der Waals surface area contributed by atoms with Crippen molar-refractivity contribution in [3.63, 3.8) is 0 Å². The van der Waals surface area contributed by atoms with E-state index in [-0.39, 0.29) is 11.6 Å². The van der Waals surface area contributed by atoms with E-state index in [0.29, 0.717) is 11.3 Å². The molecule has 1 N–H and O–H groups in total. The first kappa shape index (κ1) is 12.8. The second kappa shape index (κ2) is 5.30. The zero-order valence-corrected chi connectivity index (χ0v) is 10.3. The lowest BCUT2D eigenvalue weighted by Gasteiger charge is -2.16. The van der Waals surface area contributed by atoms with E-state index in [4.69, 9.17) is 5.11 Å². The molecule has 1 aromatic carbocycles. The minimum Gasteiger partial charge on any atom is -0.477 e. The van der Waals surface area contributed by atoms with E-state index < -0.39 is 5.97 Å². The molecule has 0 unspecified atom stereocenters. The van der Waals surface area contributed by atoms with Gasteiger partial charge in [0.2, 0.25) is 0 Å². The van der Waals surface area contributed by atoms with Gasteiger partial charge in [0.05, 0.1) is 11.9 Å². The largest absolute Gasteiger partial charge is 0.477 e. The Balaban J connectivity index is 2.22. The predicted octanol–water partition coefficient (Wildman–Crippen LogP) is 2.06. The van der Waals surface area contributed by atoms with Crippen LogP contribution in [0.5, 0.6) is 0 Å². The van der Waals surface area contributed by atoms with Crippen LogP contribution < -0.4 is 4.90 Å². The molecule has 5 heteroatoms. The van der Waals surface area contributed by atoms with Gasteiger partial charge < -0.3 is 10.0 Å². The van der Waals surface area contributed by atoms with Crippen LogP contribution in [0.25, 0.3) is 0 Å². The van der Waals surface area contributed by atoms with Gasteiger partial charge in [-0.2, -0.15) is 0 Å². The summed E-state index contributed by atoms with van der Waals surface area (Å²) in [6.07, 6.45) is 1.37. The number of aromatic carboxylic acids is 1. The molecule has 2 aromatic rings. The van der Waals surface area contributed by atoms with Crippen molar-refractivity contribution < 1.29 is 14.7 Å². The SMILES string of the molecule is CN(C(=O)c1ccccc1)c1ccc(C(=O)O)nc1. The molecule has 0 aliphatic carbocycles. The van der Waals surface area contributed by atoms with Crippen LogP contribution in [-0.2, 0) is 0 Å². The van der Waals surface area contributed by atoms with Crippen molar-refractivity contribution in [2.75, 3.05) is 11.9 Å². The molecule has 0 aliphatic heterocycles. The van der Waals surface area contributed by atoms with Gasteiger partial charge >= 0.3 is 5.97 Å². The summed E-state index contributed by atoms with van der Waals surface area (Å²) in [6.45, 7) is 0. The molecule has 19 heavy (non-hydrogen) atoms. The van der Waals surface area contributed by atoms with Crippen molar-refractivity contribution in [2.45, 2.75) is 0 Å². The van der Waals surface area contributed by atoms with Gasteiger partial charge in [0.15, 0.2) is 0 Å². The van der Waals surface area contributed by atoms with Gasteiger partial charge in [0.25, 0.3) is 5.91 Å². The van der Waals surface area contributed by atoms with E-state index in [1.54, 1.807) is 37.4 Å². The highest BCUT2D eigenvalue weighted by atomic mass is 16.4. The molecule has 1 amide bonds. The van der Waals surface area contributed by atoms with Crippen molar-refractivity contribution in [1.82, 2.24) is 4.98 Å². The van der Waals surface area contributed by atoms with Gasteiger partial charge in [0.1, 0.15) is 5.69 Å². The van der Waals surface area contributed by atoms with Crippen LogP contribution in [0.2, 0.25) is 0 Å². The average Bonchev–Trinajstić information content (AvgIpc) is 2.46. The topological polar surface area (TPSA) is 70.5 Å². The Bertz CT molecular complexity index is 594. The fraction of sp³-hybridized carbons (Fsp3) is 0.0714. The molecule has 0 fully saturated rings. The Kier molecular flexibility index (Phi) is 3.56. The van der Waals surface area contributed by atoms with Gasteiger partial charge in [-0.25, -0.2) is 9.78 Å². The Hall–Kier alpha value is -2.69. The van der Waals surface area contributed by atoms with Crippen molar-refractivity contribution in [3.8, 4) is 0 Å². The van der Waals surface area contributed by atoms with Crippen molar-refractivity contribution >= 4 is 17.6 Å². The summed E-state index contributed by atoms with van der Waals surface area (Å²) in [7, 11) is 1.62. The maximum atomic E-state index is 12.1. The molecular weight excluding hydrogens is 244 g/mol. The lowest BCUT2D eigenvalue weighted by molar-refractivity contribution is 0.0690. The zero-order chi connectivity index (χ0) is 13.8. The number of nitrogens with zero attached hydrogens (tertiary/aromatic N) is 2. The minimum absolute atomic E-state index is 0.0516. The van der Waals surface area contributed by atoms with Gasteiger partial charge in [-0.3, -0.25) is 4.79 Å². The van der Waals surface area contributed by atoms with Crippen LogP contribution in [0, 0.1) is 0 Å². The maximum Gasteiger partial charge on any atom is 0.354 e. The van der Waals surface area contributed by atoms with E-state index in [0.717, 1.165) is 0 Å². The smallest absolute Gasteiger partial charge is 0.354 e. The summed E-state index contributed by atoms with van der Waals surface area (Å²) >= 11 is 0. The van der Waals surface area contributed by atoms with Crippen LogP contribution in [0.15, 0.2) is 48.7 Å². The Morgan fingerprint density at radius 1 is 1.11 bits per heavy atom.